The van der Waals surface area contributed by atoms with Crippen molar-refractivity contribution in [2.24, 2.45) is 4.99 Å². The van der Waals surface area contributed by atoms with Gasteiger partial charge in [0.1, 0.15) is 6.61 Å². The van der Waals surface area contributed by atoms with Gasteiger partial charge in [-0.05, 0) is 64.2 Å². The lowest BCUT2D eigenvalue weighted by molar-refractivity contribution is -0.136. The van der Waals surface area contributed by atoms with Crippen LogP contribution < -0.4 is 24.4 Å². The van der Waals surface area contributed by atoms with E-state index >= 15 is 0 Å². The lowest BCUT2D eigenvalue weighted by Crippen LogP contribution is -2.40. The number of carbonyl (C=O) groups is 1. The third-order valence-corrected chi connectivity index (χ3v) is 8.39. The molecule has 7 nitrogen and oxygen atoms in total. The molecular formula is C32H29BrN2O5S. The van der Waals surface area contributed by atoms with Gasteiger partial charge in [0.25, 0.3) is 5.56 Å². The Bertz CT molecular complexity index is 1810. The Morgan fingerprint density at radius 3 is 2.49 bits per heavy atom. The molecule has 1 aliphatic rings. The van der Waals surface area contributed by atoms with Crippen LogP contribution in [0.5, 0.6) is 11.5 Å². The number of hydrogen-bond acceptors (Lipinski definition) is 7. The second kappa shape index (κ2) is 12.3. The van der Waals surface area contributed by atoms with Crippen LogP contribution in [0.4, 0.5) is 0 Å². The molecule has 3 aromatic carbocycles. The number of nitrogens with zero attached hydrogens (tertiary/aromatic N) is 2. The number of hydrogen-bond donors (Lipinski definition) is 0. The Kier molecular flexibility index (Phi) is 8.56. The predicted molar refractivity (Wildman–Crippen MR) is 163 cm³/mol. The normalized spacial score (nSPS) is 14.9. The molecule has 0 saturated heterocycles. The lowest BCUT2D eigenvalue weighted by Gasteiger charge is -2.25. The molecule has 0 bridgehead atoms. The molecule has 1 aliphatic heterocycles. The minimum absolute atomic E-state index is 0.242. The predicted octanol–water partition coefficient (Wildman–Crippen LogP) is 5.46. The molecule has 5 rings (SSSR count). The highest BCUT2D eigenvalue weighted by atomic mass is 79.9. The van der Waals surface area contributed by atoms with Crippen molar-refractivity contribution in [1.29, 1.82) is 0 Å². The Morgan fingerprint density at radius 1 is 1.10 bits per heavy atom. The second-order valence-electron chi connectivity index (χ2n) is 9.51. The van der Waals surface area contributed by atoms with E-state index in [1.54, 1.807) is 17.8 Å². The van der Waals surface area contributed by atoms with E-state index in [0.717, 1.165) is 16.7 Å². The summed E-state index contributed by atoms with van der Waals surface area (Å²) in [6.45, 7) is 4.36. The van der Waals surface area contributed by atoms with Crippen LogP contribution in [0.3, 0.4) is 0 Å². The average Bonchev–Trinajstić information content (AvgIpc) is 3.30. The highest BCUT2D eigenvalue weighted by Gasteiger charge is 2.33. The first kappa shape index (κ1) is 28.6. The third-order valence-electron chi connectivity index (χ3n) is 6.82. The summed E-state index contributed by atoms with van der Waals surface area (Å²) in [5.41, 5.74) is 4.53. The molecule has 9 heteroatoms. The molecule has 1 atom stereocenters. The highest BCUT2D eigenvalue weighted by molar-refractivity contribution is 9.10. The maximum absolute atomic E-state index is 13.9. The number of allylic oxidation sites excluding steroid dienone is 1. The molecule has 0 aliphatic carbocycles. The molecule has 0 unspecified atom stereocenters. The summed E-state index contributed by atoms with van der Waals surface area (Å²) >= 11 is 4.90. The molecule has 210 valence electrons. The third kappa shape index (κ3) is 5.78. The topological polar surface area (TPSA) is 79.1 Å². The number of benzene rings is 3. The van der Waals surface area contributed by atoms with E-state index in [-0.39, 0.29) is 5.56 Å². The summed E-state index contributed by atoms with van der Waals surface area (Å²) in [5.74, 6) is 0.614. The number of esters is 1. The quantitative estimate of drug-likeness (QED) is 0.241. The van der Waals surface area contributed by atoms with E-state index in [1.165, 1.54) is 24.0 Å². The number of methoxy groups -OCH3 is 2. The van der Waals surface area contributed by atoms with Gasteiger partial charge in [-0.15, -0.1) is 0 Å². The van der Waals surface area contributed by atoms with Crippen molar-refractivity contribution in [2.75, 3.05) is 14.2 Å². The average molecular weight is 634 g/mol. The minimum Gasteiger partial charge on any atom is -0.493 e. The maximum Gasteiger partial charge on any atom is 0.338 e. The summed E-state index contributed by atoms with van der Waals surface area (Å²) in [7, 11) is 2.92. The maximum atomic E-state index is 13.9. The molecule has 0 spiro atoms. The van der Waals surface area contributed by atoms with Crippen molar-refractivity contribution in [3.8, 4) is 11.5 Å². The Labute approximate surface area is 250 Å². The Morgan fingerprint density at radius 2 is 1.83 bits per heavy atom. The van der Waals surface area contributed by atoms with Crippen LogP contribution in [0.25, 0.3) is 6.08 Å². The number of fused-ring (bicyclic) bond motifs is 1. The van der Waals surface area contributed by atoms with E-state index < -0.39 is 12.0 Å². The number of halogens is 1. The zero-order valence-corrected chi connectivity index (χ0v) is 25.5. The van der Waals surface area contributed by atoms with E-state index in [4.69, 9.17) is 19.2 Å². The van der Waals surface area contributed by atoms with Gasteiger partial charge in [0.15, 0.2) is 16.3 Å². The molecule has 0 N–H and O–H groups in total. The first-order valence-electron chi connectivity index (χ1n) is 13.1. The largest absolute Gasteiger partial charge is 0.493 e. The monoisotopic (exact) mass is 632 g/mol. The van der Waals surface area contributed by atoms with Gasteiger partial charge in [0, 0.05) is 0 Å². The van der Waals surface area contributed by atoms with Gasteiger partial charge in [0.05, 0.1) is 40.5 Å². The second-order valence-corrected chi connectivity index (χ2v) is 11.4. The van der Waals surface area contributed by atoms with Crippen LogP contribution in [-0.2, 0) is 16.1 Å². The molecule has 0 radical (unpaired) electrons. The molecule has 1 aromatic heterocycles. The van der Waals surface area contributed by atoms with Crippen LogP contribution in [-0.4, -0.2) is 24.8 Å². The first-order valence-corrected chi connectivity index (χ1v) is 14.7. The fourth-order valence-electron chi connectivity index (χ4n) is 4.77. The van der Waals surface area contributed by atoms with Crippen molar-refractivity contribution in [2.45, 2.75) is 32.9 Å². The molecule has 0 amide bonds. The van der Waals surface area contributed by atoms with Gasteiger partial charge in [0.2, 0.25) is 0 Å². The van der Waals surface area contributed by atoms with Crippen molar-refractivity contribution in [1.82, 2.24) is 4.57 Å². The molecule has 2 heterocycles. The number of thiazole rings is 1. The molecule has 0 saturated carbocycles. The summed E-state index contributed by atoms with van der Waals surface area (Å²) in [5, 5.41) is 0. The van der Waals surface area contributed by atoms with E-state index in [1.807, 2.05) is 80.6 Å². The Balaban J connectivity index is 1.58. The summed E-state index contributed by atoms with van der Waals surface area (Å²) in [6.07, 6.45) is 2.32. The van der Waals surface area contributed by atoms with Crippen LogP contribution in [0, 0.1) is 6.92 Å². The van der Waals surface area contributed by atoms with E-state index in [2.05, 4.69) is 15.9 Å². The van der Waals surface area contributed by atoms with Gasteiger partial charge in [-0.25, -0.2) is 9.79 Å². The number of ether oxygens (including phenoxy) is 3. The molecular weight excluding hydrogens is 604 g/mol. The van der Waals surface area contributed by atoms with Crippen molar-refractivity contribution in [3.63, 3.8) is 0 Å². The minimum atomic E-state index is -0.643. The smallest absolute Gasteiger partial charge is 0.338 e. The van der Waals surface area contributed by atoms with Gasteiger partial charge >= 0.3 is 5.97 Å². The summed E-state index contributed by atoms with van der Waals surface area (Å²) < 4.78 is 19.6. The molecule has 41 heavy (non-hydrogen) atoms. The lowest BCUT2D eigenvalue weighted by atomic mass is 9.95. The summed E-state index contributed by atoms with van der Waals surface area (Å²) in [4.78, 5) is 32.1. The van der Waals surface area contributed by atoms with Crippen LogP contribution in [0.1, 0.15) is 41.6 Å². The highest BCUT2D eigenvalue weighted by Crippen LogP contribution is 2.37. The van der Waals surface area contributed by atoms with Crippen molar-refractivity contribution in [3.05, 3.63) is 124 Å². The standard InChI is InChI=1S/C32H29BrN2O5S/c1-5-24-27(31(37)39-4)28(22-9-7-6-8-10-22)35-30(36)26(41-32(35)34-24)17-21-15-23(33)29(25(16-21)38-3)40-18-20-13-11-19(2)12-14-20/h6-17,28H,5,18H2,1-4H3/b26-17-/t28-/m0/s1. The van der Waals surface area contributed by atoms with Gasteiger partial charge in [-0.1, -0.05) is 78.4 Å². The number of aryl methyl sites for hydroxylation is 1. The van der Waals surface area contributed by atoms with Gasteiger partial charge < -0.3 is 14.2 Å². The van der Waals surface area contributed by atoms with Gasteiger partial charge in [-0.2, -0.15) is 0 Å². The Hall–Kier alpha value is -3.95. The zero-order chi connectivity index (χ0) is 29.1. The number of rotatable bonds is 8. The molecule has 4 aromatic rings. The van der Waals surface area contributed by atoms with Crippen LogP contribution in [0.2, 0.25) is 0 Å². The first-order chi connectivity index (χ1) is 19.8. The number of aromatic nitrogens is 1. The number of carbonyl (C=O) groups excluding carboxylic acids is 1. The fraction of sp³-hybridized carbons (Fsp3) is 0.219. The van der Waals surface area contributed by atoms with E-state index in [9.17, 15) is 9.59 Å². The van der Waals surface area contributed by atoms with Crippen molar-refractivity contribution >= 4 is 39.3 Å². The SMILES string of the molecule is CCC1=C(C(=O)OC)[C@H](c2ccccc2)n2c(s/c(=C\c3cc(Br)c(OCc4ccc(C)cc4)c(OC)c3)c2=O)=N1. The van der Waals surface area contributed by atoms with Crippen LogP contribution in [0.15, 0.2) is 92.3 Å². The van der Waals surface area contributed by atoms with Gasteiger partial charge in [-0.3, -0.25) is 9.36 Å². The van der Waals surface area contributed by atoms with Crippen molar-refractivity contribution < 1.29 is 19.0 Å². The van der Waals surface area contributed by atoms with Crippen LogP contribution >= 0.6 is 27.3 Å². The molecule has 0 fully saturated rings. The fourth-order valence-corrected chi connectivity index (χ4v) is 6.36. The zero-order valence-electron chi connectivity index (χ0n) is 23.1. The van der Waals surface area contributed by atoms with E-state index in [0.29, 0.717) is 49.6 Å². The summed E-state index contributed by atoms with van der Waals surface area (Å²) in [6, 6.07) is 20.7.